The van der Waals surface area contributed by atoms with Crippen LogP contribution in [0.1, 0.15) is 31.9 Å². The second kappa shape index (κ2) is 9.37. The molecule has 1 aliphatic rings. The predicted molar refractivity (Wildman–Crippen MR) is 123 cm³/mol. The second-order valence-corrected chi connectivity index (χ2v) is 8.39. The molecule has 0 aliphatic carbocycles. The van der Waals surface area contributed by atoms with Gasteiger partial charge < -0.3 is 9.80 Å². The number of nitrogens with zero attached hydrogens (tertiary/aromatic N) is 6. The molecule has 3 aromatic rings. The van der Waals surface area contributed by atoms with E-state index < -0.39 is 0 Å². The number of fused-ring (bicyclic) bond motifs is 1. The fourth-order valence-corrected chi connectivity index (χ4v) is 4.37. The number of aryl methyl sites for hydroxylation is 2. The highest BCUT2D eigenvalue weighted by Crippen LogP contribution is 2.33. The number of hydrogen-bond acceptors (Lipinski definition) is 4. The first-order valence-electron chi connectivity index (χ1n) is 11.3. The first kappa shape index (κ1) is 20.5. The van der Waals surface area contributed by atoms with E-state index in [9.17, 15) is 0 Å². The summed E-state index contributed by atoms with van der Waals surface area (Å²) in [6, 6.07) is 8.90. The Kier molecular flexibility index (Phi) is 6.41. The van der Waals surface area contributed by atoms with Gasteiger partial charge in [-0.15, -0.1) is 0 Å². The number of rotatable bonds is 8. The minimum atomic E-state index is 0.606. The van der Waals surface area contributed by atoms with Crippen LogP contribution in [0, 0.1) is 5.92 Å². The van der Waals surface area contributed by atoms with E-state index in [0.717, 1.165) is 52.1 Å². The summed E-state index contributed by atoms with van der Waals surface area (Å²) in [6.07, 6.45) is 10.4. The number of hydrogen-bond donors (Lipinski definition) is 0. The molecular weight excluding hydrogens is 372 g/mol. The standard InChI is InChI=1S/C24H34N6/c1-4-29-18-21(14-25-29)10-12-27-16-20(3)17-28(24-9-7-6-8-23(24)27)13-11-22-15-26-30(5-2)19-22/h6-9,14-15,18-20H,4-5,10-13,16-17H2,1-3H3. The molecule has 0 amide bonds. The Labute approximate surface area is 180 Å². The molecule has 6 nitrogen and oxygen atoms in total. The van der Waals surface area contributed by atoms with Gasteiger partial charge in [0.05, 0.1) is 23.8 Å². The molecule has 0 saturated heterocycles. The fourth-order valence-electron chi connectivity index (χ4n) is 4.37. The average Bonchev–Trinajstić information content (AvgIpc) is 3.40. The van der Waals surface area contributed by atoms with Gasteiger partial charge in [-0.25, -0.2) is 0 Å². The number of para-hydroxylation sites is 2. The van der Waals surface area contributed by atoms with Gasteiger partial charge in [-0.1, -0.05) is 19.1 Å². The Morgan fingerprint density at radius 3 is 1.67 bits per heavy atom. The Morgan fingerprint density at radius 1 is 0.800 bits per heavy atom. The zero-order valence-electron chi connectivity index (χ0n) is 18.5. The number of aromatic nitrogens is 4. The van der Waals surface area contributed by atoms with E-state index in [1.165, 1.54) is 22.5 Å². The van der Waals surface area contributed by atoms with Gasteiger partial charge in [0.2, 0.25) is 0 Å². The van der Waals surface area contributed by atoms with Crippen LogP contribution >= 0.6 is 0 Å². The van der Waals surface area contributed by atoms with Gasteiger partial charge in [0.25, 0.3) is 0 Å². The molecule has 0 unspecified atom stereocenters. The van der Waals surface area contributed by atoms with Crippen molar-refractivity contribution in [3.05, 3.63) is 60.2 Å². The molecule has 1 aromatic carbocycles. The van der Waals surface area contributed by atoms with Crippen molar-refractivity contribution in [3.8, 4) is 0 Å². The van der Waals surface area contributed by atoms with Crippen molar-refractivity contribution in [1.29, 1.82) is 0 Å². The largest absolute Gasteiger partial charge is 0.369 e. The van der Waals surface area contributed by atoms with Gasteiger partial charge in [-0.2, -0.15) is 10.2 Å². The molecular formula is C24H34N6. The highest BCUT2D eigenvalue weighted by Gasteiger charge is 2.24. The van der Waals surface area contributed by atoms with Crippen LogP contribution in [-0.4, -0.2) is 45.7 Å². The van der Waals surface area contributed by atoms with Crippen LogP contribution in [0.15, 0.2) is 49.1 Å². The molecule has 4 rings (SSSR count). The Morgan fingerprint density at radius 2 is 1.27 bits per heavy atom. The SMILES string of the molecule is CCn1cc(CCN2CC(C)CN(CCc3cnn(CC)c3)c3ccccc32)cn1. The highest BCUT2D eigenvalue weighted by molar-refractivity contribution is 5.72. The quantitative estimate of drug-likeness (QED) is 0.570. The van der Waals surface area contributed by atoms with Crippen molar-refractivity contribution in [2.24, 2.45) is 5.92 Å². The van der Waals surface area contributed by atoms with Crippen LogP contribution in [0.2, 0.25) is 0 Å². The van der Waals surface area contributed by atoms with E-state index in [4.69, 9.17) is 0 Å². The molecule has 160 valence electrons. The van der Waals surface area contributed by atoms with E-state index in [2.05, 4.69) is 77.4 Å². The van der Waals surface area contributed by atoms with Gasteiger partial charge in [0.1, 0.15) is 0 Å². The van der Waals surface area contributed by atoms with Gasteiger partial charge in [0.15, 0.2) is 0 Å². The molecule has 0 fully saturated rings. The fraction of sp³-hybridized carbons (Fsp3) is 0.500. The molecule has 0 bridgehead atoms. The molecule has 3 heterocycles. The molecule has 2 aromatic heterocycles. The Hall–Kier alpha value is -2.76. The lowest BCUT2D eigenvalue weighted by Crippen LogP contribution is -2.32. The number of anilines is 2. The highest BCUT2D eigenvalue weighted by atomic mass is 15.3. The van der Waals surface area contributed by atoms with E-state index >= 15 is 0 Å². The zero-order valence-corrected chi connectivity index (χ0v) is 18.5. The second-order valence-electron chi connectivity index (χ2n) is 8.39. The van der Waals surface area contributed by atoms with E-state index in [0.29, 0.717) is 5.92 Å². The Balaban J connectivity index is 1.49. The smallest absolute Gasteiger partial charge is 0.0604 e. The minimum Gasteiger partial charge on any atom is -0.369 e. The van der Waals surface area contributed by atoms with Gasteiger partial charge in [-0.3, -0.25) is 9.36 Å². The lowest BCUT2D eigenvalue weighted by atomic mass is 10.1. The minimum absolute atomic E-state index is 0.606. The number of benzene rings is 1. The van der Waals surface area contributed by atoms with Crippen molar-refractivity contribution in [2.75, 3.05) is 36.0 Å². The monoisotopic (exact) mass is 406 g/mol. The van der Waals surface area contributed by atoms with Crippen LogP contribution in [-0.2, 0) is 25.9 Å². The lowest BCUT2D eigenvalue weighted by Gasteiger charge is -2.27. The topological polar surface area (TPSA) is 42.1 Å². The van der Waals surface area contributed by atoms with Crippen molar-refractivity contribution in [1.82, 2.24) is 19.6 Å². The maximum Gasteiger partial charge on any atom is 0.0604 e. The molecule has 0 radical (unpaired) electrons. The van der Waals surface area contributed by atoms with Gasteiger partial charge in [0, 0.05) is 51.7 Å². The normalized spacial score (nSPS) is 14.8. The van der Waals surface area contributed by atoms with Gasteiger partial charge in [-0.05, 0) is 55.9 Å². The van der Waals surface area contributed by atoms with Crippen molar-refractivity contribution in [3.63, 3.8) is 0 Å². The van der Waals surface area contributed by atoms with Gasteiger partial charge >= 0.3 is 0 Å². The lowest BCUT2D eigenvalue weighted by molar-refractivity contribution is 0.557. The summed E-state index contributed by atoms with van der Waals surface area (Å²) in [4.78, 5) is 5.14. The summed E-state index contributed by atoms with van der Waals surface area (Å²) in [7, 11) is 0. The summed E-state index contributed by atoms with van der Waals surface area (Å²) in [5.41, 5.74) is 5.34. The van der Waals surface area contributed by atoms with Crippen LogP contribution in [0.25, 0.3) is 0 Å². The molecule has 1 aliphatic heterocycles. The van der Waals surface area contributed by atoms with Crippen molar-refractivity contribution >= 4 is 11.4 Å². The average molecular weight is 407 g/mol. The third kappa shape index (κ3) is 4.69. The van der Waals surface area contributed by atoms with E-state index in [-0.39, 0.29) is 0 Å². The van der Waals surface area contributed by atoms with Crippen LogP contribution in [0.3, 0.4) is 0 Å². The molecule has 0 N–H and O–H groups in total. The van der Waals surface area contributed by atoms with Crippen molar-refractivity contribution < 1.29 is 0 Å². The van der Waals surface area contributed by atoms with Crippen LogP contribution in [0.5, 0.6) is 0 Å². The third-order valence-corrected chi connectivity index (χ3v) is 5.99. The molecule has 0 atom stereocenters. The zero-order chi connectivity index (χ0) is 20.9. The van der Waals surface area contributed by atoms with E-state index in [1.54, 1.807) is 0 Å². The van der Waals surface area contributed by atoms with Crippen molar-refractivity contribution in [2.45, 2.75) is 46.7 Å². The summed E-state index contributed by atoms with van der Waals surface area (Å²) in [5.74, 6) is 0.606. The summed E-state index contributed by atoms with van der Waals surface area (Å²) >= 11 is 0. The van der Waals surface area contributed by atoms with E-state index in [1.807, 2.05) is 21.8 Å². The maximum absolute atomic E-state index is 4.43. The summed E-state index contributed by atoms with van der Waals surface area (Å²) in [5, 5.41) is 8.86. The Bertz CT molecular complexity index is 867. The first-order valence-corrected chi connectivity index (χ1v) is 11.3. The molecule has 30 heavy (non-hydrogen) atoms. The summed E-state index contributed by atoms with van der Waals surface area (Å²) < 4.78 is 4.02. The first-order chi connectivity index (χ1) is 14.7. The molecule has 6 heteroatoms. The molecule has 0 saturated carbocycles. The summed E-state index contributed by atoms with van der Waals surface area (Å²) in [6.45, 7) is 12.7. The third-order valence-electron chi connectivity index (χ3n) is 5.99. The maximum atomic E-state index is 4.43. The van der Waals surface area contributed by atoms with Crippen LogP contribution < -0.4 is 9.80 Å². The predicted octanol–water partition coefficient (Wildman–Crippen LogP) is 3.87. The molecule has 0 spiro atoms. The van der Waals surface area contributed by atoms with Crippen LogP contribution in [0.4, 0.5) is 11.4 Å².